The minimum atomic E-state index is 0.210. The Bertz CT molecular complexity index is 613. The monoisotopic (exact) mass is 289 g/mol. The summed E-state index contributed by atoms with van der Waals surface area (Å²) in [4.78, 5) is 1.22. The van der Waals surface area contributed by atoms with Crippen molar-refractivity contribution < 1.29 is 14.6 Å². The molecule has 104 valence electrons. The van der Waals surface area contributed by atoms with E-state index < -0.39 is 0 Å². The average Bonchev–Trinajstić information content (AvgIpc) is 2.92. The summed E-state index contributed by atoms with van der Waals surface area (Å²) >= 11 is 1.71. The van der Waals surface area contributed by atoms with Crippen molar-refractivity contribution in [3.8, 4) is 17.2 Å². The van der Waals surface area contributed by atoms with E-state index in [1.807, 2.05) is 18.4 Å². The Morgan fingerprint density at radius 3 is 2.55 bits per heavy atom. The first-order valence-corrected chi connectivity index (χ1v) is 7.48. The van der Waals surface area contributed by atoms with Crippen LogP contribution in [-0.4, -0.2) is 18.2 Å². The maximum Gasteiger partial charge on any atom is 0.231 e. The van der Waals surface area contributed by atoms with Gasteiger partial charge in [-0.1, -0.05) is 0 Å². The summed E-state index contributed by atoms with van der Waals surface area (Å²) in [5.41, 5.74) is 1.79. The standard InChI is InChI=1S/C15H15NO3S/c1-20-12-4-2-11(3-5-12)16-8-10-6-14-15(7-13(10)17)19-9-18-14/h2-7,16-17H,8-9H2,1H3. The second kappa shape index (κ2) is 5.54. The molecule has 0 fully saturated rings. The van der Waals surface area contributed by atoms with Crippen molar-refractivity contribution in [1.82, 2.24) is 0 Å². The average molecular weight is 289 g/mol. The SMILES string of the molecule is CSc1ccc(NCc2cc3c(cc2O)OCO3)cc1. The highest BCUT2D eigenvalue weighted by atomic mass is 32.2. The zero-order chi connectivity index (χ0) is 13.9. The fourth-order valence-electron chi connectivity index (χ4n) is 2.02. The number of anilines is 1. The van der Waals surface area contributed by atoms with Crippen LogP contribution in [0.5, 0.6) is 17.2 Å². The minimum Gasteiger partial charge on any atom is -0.507 e. The van der Waals surface area contributed by atoms with Crippen molar-refractivity contribution in [3.05, 3.63) is 42.0 Å². The predicted octanol–water partition coefficient (Wildman–Crippen LogP) is 3.45. The van der Waals surface area contributed by atoms with Crippen LogP contribution in [0.1, 0.15) is 5.56 Å². The molecule has 0 aliphatic carbocycles. The van der Waals surface area contributed by atoms with Crippen LogP contribution in [0.2, 0.25) is 0 Å². The van der Waals surface area contributed by atoms with E-state index in [9.17, 15) is 5.11 Å². The third-order valence-corrected chi connectivity index (χ3v) is 3.89. The van der Waals surface area contributed by atoms with E-state index in [0.717, 1.165) is 11.3 Å². The molecule has 2 N–H and O–H groups in total. The van der Waals surface area contributed by atoms with Crippen LogP contribution in [0, 0.1) is 0 Å². The Morgan fingerprint density at radius 2 is 1.85 bits per heavy atom. The number of phenolic OH excluding ortho intramolecular Hbond substituents is 1. The number of benzene rings is 2. The summed E-state index contributed by atoms with van der Waals surface area (Å²) in [6, 6.07) is 11.6. The fourth-order valence-corrected chi connectivity index (χ4v) is 2.43. The van der Waals surface area contributed by atoms with Crippen LogP contribution < -0.4 is 14.8 Å². The minimum absolute atomic E-state index is 0.210. The van der Waals surface area contributed by atoms with E-state index in [0.29, 0.717) is 18.0 Å². The highest BCUT2D eigenvalue weighted by Crippen LogP contribution is 2.37. The number of phenols is 1. The highest BCUT2D eigenvalue weighted by Gasteiger charge is 2.16. The molecular weight excluding hydrogens is 274 g/mol. The molecule has 0 bridgehead atoms. The van der Waals surface area contributed by atoms with Gasteiger partial charge in [0.15, 0.2) is 11.5 Å². The number of nitrogens with one attached hydrogen (secondary N) is 1. The molecule has 0 amide bonds. The molecule has 1 heterocycles. The molecule has 3 rings (SSSR count). The summed E-state index contributed by atoms with van der Waals surface area (Å²) < 4.78 is 10.5. The first-order chi connectivity index (χ1) is 9.76. The van der Waals surface area contributed by atoms with Crippen LogP contribution in [0.4, 0.5) is 5.69 Å². The van der Waals surface area contributed by atoms with Gasteiger partial charge >= 0.3 is 0 Å². The van der Waals surface area contributed by atoms with Gasteiger partial charge in [0.2, 0.25) is 6.79 Å². The van der Waals surface area contributed by atoms with Gasteiger partial charge in [-0.25, -0.2) is 0 Å². The molecule has 0 saturated heterocycles. The van der Waals surface area contributed by atoms with Gasteiger partial charge in [0, 0.05) is 28.8 Å². The first kappa shape index (κ1) is 13.0. The summed E-state index contributed by atoms with van der Waals surface area (Å²) in [5.74, 6) is 1.48. The second-order valence-electron chi connectivity index (χ2n) is 4.42. The van der Waals surface area contributed by atoms with Gasteiger partial charge in [-0.3, -0.25) is 0 Å². The number of hydrogen-bond donors (Lipinski definition) is 2. The molecule has 20 heavy (non-hydrogen) atoms. The van der Waals surface area contributed by atoms with Crippen molar-refractivity contribution in [2.45, 2.75) is 11.4 Å². The number of hydrogen-bond acceptors (Lipinski definition) is 5. The predicted molar refractivity (Wildman–Crippen MR) is 79.8 cm³/mol. The normalized spacial score (nSPS) is 12.4. The molecule has 0 unspecified atom stereocenters. The summed E-state index contributed by atoms with van der Waals surface area (Å²) in [5, 5.41) is 13.2. The summed E-state index contributed by atoms with van der Waals surface area (Å²) in [6.07, 6.45) is 2.05. The maximum atomic E-state index is 9.96. The Balaban J connectivity index is 1.71. The number of rotatable bonds is 4. The molecule has 0 spiro atoms. The third-order valence-electron chi connectivity index (χ3n) is 3.15. The quantitative estimate of drug-likeness (QED) is 0.844. The topological polar surface area (TPSA) is 50.7 Å². The lowest BCUT2D eigenvalue weighted by Crippen LogP contribution is -1.99. The van der Waals surface area contributed by atoms with Crippen LogP contribution >= 0.6 is 11.8 Å². The Hall–Kier alpha value is -2.01. The molecule has 0 saturated carbocycles. The van der Waals surface area contributed by atoms with Crippen LogP contribution in [-0.2, 0) is 6.54 Å². The van der Waals surface area contributed by atoms with E-state index in [1.165, 1.54) is 4.90 Å². The first-order valence-electron chi connectivity index (χ1n) is 6.25. The van der Waals surface area contributed by atoms with Gasteiger partial charge in [-0.05, 0) is 36.6 Å². The smallest absolute Gasteiger partial charge is 0.231 e. The molecule has 4 nitrogen and oxygen atoms in total. The lowest BCUT2D eigenvalue weighted by molar-refractivity contribution is 0.174. The van der Waals surface area contributed by atoms with E-state index in [1.54, 1.807) is 23.9 Å². The Kier molecular flexibility index (Phi) is 3.60. The van der Waals surface area contributed by atoms with Gasteiger partial charge in [0.05, 0.1) is 0 Å². The zero-order valence-corrected chi connectivity index (χ0v) is 11.9. The van der Waals surface area contributed by atoms with Crippen molar-refractivity contribution in [1.29, 1.82) is 0 Å². The number of thioether (sulfide) groups is 1. The maximum absolute atomic E-state index is 9.96. The van der Waals surface area contributed by atoms with E-state index >= 15 is 0 Å². The molecule has 1 aliphatic rings. The Labute approximate surface area is 121 Å². The van der Waals surface area contributed by atoms with Gasteiger partial charge in [-0.2, -0.15) is 0 Å². The van der Waals surface area contributed by atoms with Crippen molar-refractivity contribution in [2.24, 2.45) is 0 Å². The molecule has 2 aromatic rings. The van der Waals surface area contributed by atoms with E-state index in [2.05, 4.69) is 17.4 Å². The molecule has 5 heteroatoms. The lowest BCUT2D eigenvalue weighted by atomic mass is 10.1. The van der Waals surface area contributed by atoms with Crippen LogP contribution in [0.15, 0.2) is 41.3 Å². The van der Waals surface area contributed by atoms with Gasteiger partial charge in [-0.15, -0.1) is 11.8 Å². The number of fused-ring (bicyclic) bond motifs is 1. The van der Waals surface area contributed by atoms with Gasteiger partial charge in [0.25, 0.3) is 0 Å². The van der Waals surface area contributed by atoms with Gasteiger partial charge < -0.3 is 19.9 Å². The number of ether oxygens (including phenoxy) is 2. The van der Waals surface area contributed by atoms with Gasteiger partial charge in [0.1, 0.15) is 5.75 Å². The molecule has 0 atom stereocenters. The molecule has 1 aliphatic heterocycles. The van der Waals surface area contributed by atoms with Crippen molar-refractivity contribution >= 4 is 17.4 Å². The summed E-state index contributed by atoms with van der Waals surface area (Å²) in [6.45, 7) is 0.739. The van der Waals surface area contributed by atoms with Crippen LogP contribution in [0.25, 0.3) is 0 Å². The molecule has 2 aromatic carbocycles. The molecule has 0 aromatic heterocycles. The largest absolute Gasteiger partial charge is 0.507 e. The second-order valence-corrected chi connectivity index (χ2v) is 5.30. The Morgan fingerprint density at radius 1 is 1.15 bits per heavy atom. The fraction of sp³-hybridized carbons (Fsp3) is 0.200. The molecular formula is C15H15NO3S. The zero-order valence-electron chi connectivity index (χ0n) is 11.1. The molecule has 0 radical (unpaired) electrons. The van der Waals surface area contributed by atoms with Crippen molar-refractivity contribution in [2.75, 3.05) is 18.4 Å². The van der Waals surface area contributed by atoms with Crippen LogP contribution in [0.3, 0.4) is 0 Å². The highest BCUT2D eigenvalue weighted by molar-refractivity contribution is 7.98. The number of aromatic hydroxyl groups is 1. The van der Waals surface area contributed by atoms with E-state index in [-0.39, 0.29) is 12.5 Å². The lowest BCUT2D eigenvalue weighted by Gasteiger charge is -2.09. The third kappa shape index (κ3) is 2.63. The van der Waals surface area contributed by atoms with E-state index in [4.69, 9.17) is 9.47 Å². The van der Waals surface area contributed by atoms with Crippen molar-refractivity contribution in [3.63, 3.8) is 0 Å². The summed E-state index contributed by atoms with van der Waals surface area (Å²) in [7, 11) is 0.